The molecule has 6 aliphatic rings. The maximum Gasteiger partial charge on any atom is 0.446 e. The largest absolute Gasteiger partial charge is 0.497 e. The molecule has 117 heavy (non-hydrogen) atoms. The van der Waals surface area contributed by atoms with Gasteiger partial charge in [-0.2, -0.15) is 13.2 Å². The number of nitrogens with zero attached hydrogens (tertiary/aromatic N) is 11. The minimum Gasteiger partial charge on any atom is -0.497 e. The number of methoxy groups -OCH3 is 4. The van der Waals surface area contributed by atoms with Gasteiger partial charge in [-0.25, -0.2) is 48.8 Å². The Morgan fingerprint density at radius 1 is 0.538 bits per heavy atom. The van der Waals surface area contributed by atoms with Gasteiger partial charge in [-0.1, -0.05) is 67.2 Å². The van der Waals surface area contributed by atoms with Crippen LogP contribution in [0.5, 0.6) is 40.2 Å². The zero-order valence-electron chi connectivity index (χ0n) is 67.4. The van der Waals surface area contributed by atoms with Crippen LogP contribution in [0.1, 0.15) is 118 Å². The van der Waals surface area contributed by atoms with Crippen LogP contribution in [0.2, 0.25) is 0 Å². The highest BCUT2D eigenvalue weighted by atomic mass is 32.2. The van der Waals surface area contributed by atoms with Crippen LogP contribution in [0.25, 0.3) is 0 Å². The van der Waals surface area contributed by atoms with Crippen LogP contribution in [-0.4, -0.2) is 213 Å². The van der Waals surface area contributed by atoms with Crippen LogP contribution in [-0.2, 0) is 52.7 Å². The number of alkyl halides is 3. The maximum absolute atomic E-state index is 14.1. The van der Waals surface area contributed by atoms with Gasteiger partial charge in [-0.3, -0.25) is 14.3 Å². The molecule has 1 amide bonds. The van der Waals surface area contributed by atoms with Gasteiger partial charge in [0.15, 0.2) is 22.0 Å². The molecule has 0 saturated heterocycles. The number of hydrogen-bond acceptors (Lipinski definition) is 26. The SMILES string of the molecule is C.C.CN(C)[C@H]1CCCC[C@@H]1N1CCOc2cc(S(=O)(=O)Nc3nccs3)ccc21.COc1ccc(CN(c2nccs2)S(=O)(=O)c2ccc3c(c2)OCC(=O)N3[C@H]2CCCC[C@@H]2N(C)C)c(OC)c1.COc1ccc(CN(c2nccs2)S(=O)(=O)c2ccc3c(c2)OCCN3[C@H]2CCCC[C@@H]2N(C)C)c(OC)c1.O=CC(F)(F)F.[2H]CC. The normalized spacial score (nSPS) is 19.2. The molecule has 642 valence electrons. The molecule has 0 unspecified atom stereocenters. The number of sulfonamides is 3. The second-order valence-corrected chi connectivity index (χ2v) is 36.3. The van der Waals surface area contributed by atoms with E-state index in [9.17, 15) is 43.2 Å². The Hall–Kier alpha value is -8.75. The molecule has 5 aromatic carbocycles. The molecule has 0 radical (unpaired) electrons. The van der Waals surface area contributed by atoms with Gasteiger partial charge < -0.3 is 62.6 Å². The molecule has 3 aromatic heterocycles. The molecule has 1 N–H and O–H groups in total. The summed E-state index contributed by atoms with van der Waals surface area (Å²) in [5, 5.41) is 6.29. The van der Waals surface area contributed by atoms with Gasteiger partial charge in [0.25, 0.3) is 36.0 Å². The Morgan fingerprint density at radius 2 is 0.923 bits per heavy atom. The first kappa shape index (κ1) is 92.1. The van der Waals surface area contributed by atoms with Gasteiger partial charge in [-0.05, 0) is 141 Å². The van der Waals surface area contributed by atoms with E-state index >= 15 is 0 Å². The number of fused-ring (bicyclic) bond motifs is 3. The van der Waals surface area contributed by atoms with Crippen molar-refractivity contribution >= 4 is 109 Å². The summed E-state index contributed by atoms with van der Waals surface area (Å²) in [4.78, 5) is 48.3. The lowest BCUT2D eigenvalue weighted by Crippen LogP contribution is -2.56. The molecule has 0 spiro atoms. The Balaban J connectivity index is 0.000000210. The van der Waals surface area contributed by atoms with Gasteiger partial charge in [-0.15, -0.1) is 34.0 Å². The molecule has 6 atom stereocenters. The van der Waals surface area contributed by atoms with Gasteiger partial charge in [0.2, 0.25) is 6.29 Å². The first-order valence-electron chi connectivity index (χ1n) is 38.4. The van der Waals surface area contributed by atoms with E-state index in [1.54, 1.807) is 130 Å². The molecule has 3 saturated carbocycles. The highest BCUT2D eigenvalue weighted by Crippen LogP contribution is 2.45. The third kappa shape index (κ3) is 22.6. The molecule has 8 aromatic rings. The number of aromatic nitrogens is 3. The van der Waals surface area contributed by atoms with Crippen LogP contribution in [0.4, 0.5) is 45.6 Å². The smallest absolute Gasteiger partial charge is 0.446 e. The molecule has 36 heteroatoms. The maximum atomic E-state index is 14.1. The van der Waals surface area contributed by atoms with Crippen molar-refractivity contribution in [2.24, 2.45) is 0 Å². The van der Waals surface area contributed by atoms with E-state index in [2.05, 4.69) is 72.4 Å². The number of likely N-dealkylation sites (N-methyl/N-ethyl adjacent to an activating group) is 3. The highest BCUT2D eigenvalue weighted by Gasteiger charge is 2.42. The number of aldehydes is 1. The fourth-order valence-corrected chi connectivity index (χ4v) is 21.8. The topological polar surface area (TPSA) is 278 Å². The lowest BCUT2D eigenvalue weighted by molar-refractivity contribution is -0.156. The molecule has 27 nitrogen and oxygen atoms in total. The van der Waals surface area contributed by atoms with Gasteiger partial charge >= 0.3 is 6.18 Å². The standard InChI is InChI=1S/C28H34N4O6S2.C28H36N4O5S2.C19H26N4O3S2.C2HF3O.C2H6.2CH4/c1-30(2)22-7-5-6-8-23(22)32-24-12-11-21(16-26(24)38-18-27(32)33)40(34,35)31(28-29-13-14-39-28)17-19-9-10-20(36-3)15-25(19)37-4;1-30(2)23-7-5-6-8-24(23)31-14-15-37-27-18-22(11-12-25(27)31)39(33,34)32(28-29-13-16-38-28)19-20-9-10-21(35-3)17-26(20)36-4;1-22(2)15-5-3-4-6-16(15)23-10-11-26-18-13-14(7-8-17(18)23)28(24,25)21-19-20-9-12-27-19;3-2(4,5)1-6;1-2;;/h9-16,22-23H,5-8,17-18H2,1-4H3;9-13,16-18,23-24H,5-8,14-15,19H2,1-4H3;7-9,12-13,15-16H,3-6,10-11H2,1-2H3,(H,20,21);1H;1-2H3;2*1H4/t22-,23-;23-,24-;15-,16-;;;;/m000..../s1/i;;;;1D;;. The summed E-state index contributed by atoms with van der Waals surface area (Å²) in [6, 6.07) is 27.7. The Bertz CT molecular complexity index is 4890. The number of halogens is 3. The van der Waals surface area contributed by atoms with Crippen LogP contribution >= 0.6 is 34.0 Å². The number of anilines is 6. The fourth-order valence-electron chi connectivity index (χ4n) is 15.4. The first-order chi connectivity index (χ1) is 55.5. The Morgan fingerprint density at radius 3 is 1.32 bits per heavy atom. The summed E-state index contributed by atoms with van der Waals surface area (Å²) in [5.74, 6) is 3.78. The van der Waals surface area contributed by atoms with Gasteiger partial charge in [0.05, 0.1) is 92.4 Å². The third-order valence-corrected chi connectivity index (χ3v) is 28.3. The minimum atomic E-state index is -4.64. The molecule has 0 bridgehead atoms. The molecule has 3 aliphatic carbocycles. The number of nitrogens with one attached hydrogen (secondary N) is 1. The van der Waals surface area contributed by atoms with Gasteiger partial charge in [0, 0.05) is 108 Å². The number of rotatable bonds is 23. The average Bonchev–Trinajstić information content (AvgIpc) is 0.892. The van der Waals surface area contributed by atoms with E-state index in [1.165, 1.54) is 87.9 Å². The molecular weight excluding hydrogens is 1630 g/mol. The minimum absolute atomic E-state index is 0. The summed E-state index contributed by atoms with van der Waals surface area (Å²) in [6.45, 7) is 4.91. The van der Waals surface area contributed by atoms with E-state index in [1.807, 2.05) is 37.2 Å². The molecular formula is C81H111F3N12O15S6. The van der Waals surface area contributed by atoms with Crippen molar-refractivity contribution in [3.63, 3.8) is 0 Å². The summed E-state index contributed by atoms with van der Waals surface area (Å²) in [5.41, 5.74) is 3.89. The first-order valence-corrected chi connectivity index (χ1v) is 44.7. The van der Waals surface area contributed by atoms with Crippen molar-refractivity contribution in [3.05, 3.63) is 137 Å². The quantitative estimate of drug-likeness (QED) is 0.0582. The number of benzene rings is 5. The second kappa shape index (κ2) is 42.3. The van der Waals surface area contributed by atoms with E-state index in [0.29, 0.717) is 117 Å². The van der Waals surface area contributed by atoms with E-state index < -0.39 is 42.5 Å². The number of thiazole rings is 3. The van der Waals surface area contributed by atoms with Crippen molar-refractivity contribution in [2.45, 2.75) is 176 Å². The summed E-state index contributed by atoms with van der Waals surface area (Å²) >= 11 is 3.74. The van der Waals surface area contributed by atoms with Crippen molar-refractivity contribution in [2.75, 3.05) is 132 Å². The third-order valence-electron chi connectivity index (χ3n) is 20.8. The van der Waals surface area contributed by atoms with Crippen LogP contribution < -0.4 is 61.2 Å². The van der Waals surface area contributed by atoms with Crippen molar-refractivity contribution in [1.82, 2.24) is 29.7 Å². The Kier molecular flexibility index (Phi) is 33.3. The van der Waals surface area contributed by atoms with E-state index in [4.69, 9.17) is 39.3 Å². The van der Waals surface area contributed by atoms with Crippen LogP contribution in [0, 0.1) is 0 Å². The zero-order valence-corrected chi connectivity index (χ0v) is 71.3. The van der Waals surface area contributed by atoms with Gasteiger partial charge in [0.1, 0.15) is 53.5 Å². The lowest BCUT2D eigenvalue weighted by Gasteiger charge is -2.45. The Labute approximate surface area is 701 Å². The molecule has 3 aliphatic heterocycles. The summed E-state index contributed by atoms with van der Waals surface area (Å²) < 4.78 is 164. The molecule has 6 heterocycles. The van der Waals surface area contributed by atoms with Crippen LogP contribution in [0.3, 0.4) is 0 Å². The van der Waals surface area contributed by atoms with Crippen molar-refractivity contribution in [1.29, 1.82) is 0 Å². The van der Waals surface area contributed by atoms with E-state index in [-0.39, 0.29) is 67.2 Å². The van der Waals surface area contributed by atoms with Crippen molar-refractivity contribution < 1.29 is 82.5 Å². The molecule has 14 rings (SSSR count). The lowest BCUT2D eigenvalue weighted by atomic mass is 9.87. The second-order valence-electron chi connectivity index (χ2n) is 28.3. The number of carbonyl (C=O) groups excluding carboxylic acids is 2. The van der Waals surface area contributed by atoms with Crippen LogP contribution in [0.15, 0.2) is 140 Å². The molecule has 3 fully saturated rings. The fraction of sp³-hybridized carbons (Fsp3) is 0.494. The average molecular weight is 1740 g/mol. The number of ether oxygens (including phenoxy) is 7. The predicted molar refractivity (Wildman–Crippen MR) is 457 cm³/mol. The number of hydrogen-bond donors (Lipinski definition) is 1. The monoisotopic (exact) mass is 1740 g/mol. The summed E-state index contributed by atoms with van der Waals surface area (Å²) in [7, 11) is 7.13. The van der Waals surface area contributed by atoms with E-state index in [0.717, 1.165) is 69.4 Å². The highest BCUT2D eigenvalue weighted by molar-refractivity contribution is 7.93. The number of amides is 1. The summed E-state index contributed by atoms with van der Waals surface area (Å²) in [6.07, 6.45) is 12.6. The predicted octanol–water partition coefficient (Wildman–Crippen LogP) is 14.8. The number of carbonyl (C=O) groups is 2. The zero-order chi connectivity index (χ0) is 83.7. The van der Waals surface area contributed by atoms with Crippen molar-refractivity contribution in [3.8, 4) is 40.2 Å².